The first kappa shape index (κ1) is 16.5. The van der Waals surface area contributed by atoms with E-state index in [4.69, 9.17) is 8.94 Å². The summed E-state index contributed by atoms with van der Waals surface area (Å²) in [6.45, 7) is 0.149. The fourth-order valence-electron chi connectivity index (χ4n) is 2.05. The highest BCUT2D eigenvalue weighted by Crippen LogP contribution is 2.22. The number of carbonyl (C=O) groups is 1. The van der Waals surface area contributed by atoms with Gasteiger partial charge in [0.1, 0.15) is 12.1 Å². The minimum Gasteiger partial charge on any atom is -0.455 e. The summed E-state index contributed by atoms with van der Waals surface area (Å²) in [4.78, 5) is 21.3. The van der Waals surface area contributed by atoms with Crippen molar-refractivity contribution in [1.82, 2.24) is 30.6 Å². The van der Waals surface area contributed by atoms with E-state index in [9.17, 15) is 4.79 Å². The van der Waals surface area contributed by atoms with Crippen LogP contribution < -0.4 is 5.32 Å². The predicted octanol–water partition coefficient (Wildman–Crippen LogP) is 2.73. The molecule has 4 aromatic rings. The van der Waals surface area contributed by atoms with Gasteiger partial charge < -0.3 is 14.3 Å². The highest BCUT2D eigenvalue weighted by Gasteiger charge is 2.14. The number of hydrogen-bond donors (Lipinski definition) is 2. The first-order chi connectivity index (χ1) is 12.8. The number of amides is 1. The van der Waals surface area contributed by atoms with Gasteiger partial charge in [-0.25, -0.2) is 4.98 Å². The van der Waals surface area contributed by atoms with E-state index < -0.39 is 0 Å². The highest BCUT2D eigenvalue weighted by molar-refractivity contribution is 7.98. The van der Waals surface area contributed by atoms with Crippen LogP contribution in [0.25, 0.3) is 10.8 Å². The number of H-pyrrole nitrogens is 1. The average molecular weight is 388 g/mol. The summed E-state index contributed by atoms with van der Waals surface area (Å²) in [6, 6.07) is 7.17. The quantitative estimate of drug-likeness (QED) is 0.463. The lowest BCUT2D eigenvalue weighted by Crippen LogP contribution is -2.22. The molecule has 26 heavy (non-hydrogen) atoms. The smallest absolute Gasteiger partial charge is 0.287 e. The normalized spacial score (nSPS) is 10.9. The van der Waals surface area contributed by atoms with E-state index in [0.717, 1.165) is 4.88 Å². The van der Waals surface area contributed by atoms with Gasteiger partial charge in [0.25, 0.3) is 11.8 Å². The number of nitrogens with one attached hydrogen (secondary N) is 2. The molecule has 9 nitrogen and oxygen atoms in total. The molecular weight excluding hydrogens is 376 g/mol. The van der Waals surface area contributed by atoms with Gasteiger partial charge in [0.2, 0.25) is 0 Å². The second kappa shape index (κ2) is 7.54. The Morgan fingerprint density at radius 3 is 3.12 bits per heavy atom. The van der Waals surface area contributed by atoms with Crippen LogP contribution in [0.15, 0.2) is 50.1 Å². The molecule has 4 aromatic heterocycles. The van der Waals surface area contributed by atoms with Crippen LogP contribution in [0, 0.1) is 0 Å². The molecular formula is C15H12N6O3S2. The van der Waals surface area contributed by atoms with Crippen LogP contribution in [0.2, 0.25) is 0 Å². The third-order valence-electron chi connectivity index (χ3n) is 3.24. The fourth-order valence-corrected chi connectivity index (χ4v) is 3.37. The first-order valence-electron chi connectivity index (χ1n) is 7.49. The Kier molecular flexibility index (Phi) is 4.80. The van der Waals surface area contributed by atoms with Crippen LogP contribution in [0.3, 0.4) is 0 Å². The van der Waals surface area contributed by atoms with Crippen molar-refractivity contribution < 1.29 is 13.7 Å². The molecule has 0 aliphatic carbocycles. The van der Waals surface area contributed by atoms with Crippen LogP contribution >= 0.6 is 23.1 Å². The van der Waals surface area contributed by atoms with E-state index in [2.05, 4.69) is 30.6 Å². The molecule has 0 aromatic carbocycles. The number of nitrogens with zero attached hydrogens (tertiary/aromatic N) is 4. The maximum Gasteiger partial charge on any atom is 0.287 e. The maximum absolute atomic E-state index is 12.2. The lowest BCUT2D eigenvalue weighted by molar-refractivity contribution is 0.0920. The zero-order valence-corrected chi connectivity index (χ0v) is 14.8. The van der Waals surface area contributed by atoms with Gasteiger partial charge >= 0.3 is 0 Å². The lowest BCUT2D eigenvalue weighted by atomic mass is 10.4. The van der Waals surface area contributed by atoms with Crippen LogP contribution in [0.1, 0.15) is 22.1 Å². The summed E-state index contributed by atoms with van der Waals surface area (Å²) in [6.07, 6.45) is 1.44. The number of aromatic nitrogens is 5. The lowest BCUT2D eigenvalue weighted by Gasteiger charge is -1.99. The number of furan rings is 1. The molecule has 4 rings (SSSR count). The van der Waals surface area contributed by atoms with Gasteiger partial charge in [0.05, 0.1) is 17.2 Å². The molecule has 1 amide bonds. The third-order valence-corrected chi connectivity index (χ3v) is 4.99. The molecule has 0 spiro atoms. The minimum absolute atomic E-state index is 0.149. The minimum atomic E-state index is -0.344. The second-order valence-corrected chi connectivity index (χ2v) is 6.93. The largest absolute Gasteiger partial charge is 0.455 e. The van der Waals surface area contributed by atoms with Gasteiger partial charge in [-0.2, -0.15) is 10.1 Å². The summed E-state index contributed by atoms with van der Waals surface area (Å²) in [5, 5.41) is 15.7. The zero-order valence-electron chi connectivity index (χ0n) is 13.2. The van der Waals surface area contributed by atoms with Crippen molar-refractivity contribution in [3.63, 3.8) is 0 Å². The molecule has 0 saturated carbocycles. The summed E-state index contributed by atoms with van der Waals surface area (Å²) in [7, 11) is 0. The molecule has 11 heteroatoms. The van der Waals surface area contributed by atoms with Gasteiger partial charge in [-0.1, -0.05) is 23.0 Å². The Bertz CT molecular complexity index is 977. The number of thiophene rings is 1. The molecule has 0 atom stereocenters. The Balaban J connectivity index is 1.31. The van der Waals surface area contributed by atoms with Crippen molar-refractivity contribution in [1.29, 1.82) is 0 Å². The topological polar surface area (TPSA) is 123 Å². The predicted molar refractivity (Wildman–Crippen MR) is 93.4 cm³/mol. The first-order valence-corrected chi connectivity index (χ1v) is 9.36. The van der Waals surface area contributed by atoms with Gasteiger partial charge in [-0.05, 0) is 23.6 Å². The number of aromatic amines is 1. The molecule has 0 unspecified atom stereocenters. The SMILES string of the molecule is O=C(NCc1noc(-c2cccs2)n1)c1ccc(CSc2ncn[nH]2)o1. The van der Waals surface area contributed by atoms with Crippen molar-refractivity contribution in [2.45, 2.75) is 17.5 Å². The molecule has 0 aliphatic rings. The monoisotopic (exact) mass is 388 g/mol. The standard InChI is InChI=1S/C15H12N6O3S2/c22-13(10-4-3-9(23-10)7-26-15-17-8-18-20-15)16-6-12-19-14(24-21-12)11-2-1-5-25-11/h1-5,8H,6-7H2,(H,16,22)(H,17,18,20). The Labute approximate surface area is 155 Å². The summed E-state index contributed by atoms with van der Waals surface area (Å²) in [5.74, 6) is 1.92. The molecule has 0 fully saturated rings. The van der Waals surface area contributed by atoms with E-state index >= 15 is 0 Å². The highest BCUT2D eigenvalue weighted by atomic mass is 32.2. The van der Waals surface area contributed by atoms with Crippen molar-refractivity contribution in [2.75, 3.05) is 0 Å². The van der Waals surface area contributed by atoms with Gasteiger partial charge in [-0.3, -0.25) is 9.89 Å². The van der Waals surface area contributed by atoms with Crippen LogP contribution in [-0.2, 0) is 12.3 Å². The summed E-state index contributed by atoms with van der Waals surface area (Å²) < 4.78 is 10.7. The number of thioether (sulfide) groups is 1. The molecule has 0 bridgehead atoms. The maximum atomic E-state index is 12.2. The molecule has 2 N–H and O–H groups in total. The van der Waals surface area contributed by atoms with Crippen LogP contribution in [0.4, 0.5) is 0 Å². The fraction of sp³-hybridized carbons (Fsp3) is 0.133. The Morgan fingerprint density at radius 2 is 2.31 bits per heavy atom. The molecule has 0 saturated heterocycles. The zero-order chi connectivity index (χ0) is 17.8. The molecule has 0 aliphatic heterocycles. The van der Waals surface area contributed by atoms with E-state index in [0.29, 0.717) is 28.4 Å². The van der Waals surface area contributed by atoms with Crippen LogP contribution in [0.5, 0.6) is 0 Å². The second-order valence-electron chi connectivity index (χ2n) is 5.02. The third kappa shape index (κ3) is 3.83. The van der Waals surface area contributed by atoms with E-state index in [-0.39, 0.29) is 18.2 Å². The van der Waals surface area contributed by atoms with Gasteiger partial charge in [0, 0.05) is 0 Å². The Morgan fingerprint density at radius 1 is 1.35 bits per heavy atom. The number of carbonyl (C=O) groups excluding carboxylic acids is 1. The van der Waals surface area contributed by atoms with Crippen molar-refractivity contribution in [3.8, 4) is 10.8 Å². The molecule has 0 radical (unpaired) electrons. The van der Waals surface area contributed by atoms with Crippen molar-refractivity contribution >= 4 is 29.0 Å². The van der Waals surface area contributed by atoms with Crippen molar-refractivity contribution in [2.24, 2.45) is 0 Å². The summed E-state index contributed by atoms with van der Waals surface area (Å²) >= 11 is 2.94. The number of hydrogen-bond acceptors (Lipinski definition) is 9. The Hall–Kier alpha value is -2.92. The van der Waals surface area contributed by atoms with Crippen LogP contribution in [-0.4, -0.2) is 31.2 Å². The average Bonchev–Trinajstić information content (AvgIpc) is 3.45. The van der Waals surface area contributed by atoms with E-state index in [1.54, 1.807) is 12.1 Å². The van der Waals surface area contributed by atoms with Gasteiger partial charge in [-0.15, -0.1) is 11.3 Å². The van der Waals surface area contributed by atoms with E-state index in [1.807, 2.05) is 17.5 Å². The summed E-state index contributed by atoms with van der Waals surface area (Å²) in [5.41, 5.74) is 0. The molecule has 4 heterocycles. The van der Waals surface area contributed by atoms with E-state index in [1.165, 1.54) is 29.4 Å². The van der Waals surface area contributed by atoms with Gasteiger partial charge in [0.15, 0.2) is 16.7 Å². The van der Waals surface area contributed by atoms with Crippen molar-refractivity contribution in [3.05, 3.63) is 53.3 Å². The number of rotatable bonds is 7. The molecule has 132 valence electrons.